The first kappa shape index (κ1) is 7.51. The van der Waals surface area contributed by atoms with Gasteiger partial charge in [-0.05, 0) is 12.8 Å². The maximum Gasteiger partial charge on any atom is 0.213 e. The Morgan fingerprint density at radius 1 is 1.50 bits per heavy atom. The summed E-state index contributed by atoms with van der Waals surface area (Å²) < 4.78 is 0. The van der Waals surface area contributed by atoms with Gasteiger partial charge in [-0.3, -0.25) is 10.1 Å². The van der Waals surface area contributed by atoms with E-state index >= 15 is 0 Å². The van der Waals surface area contributed by atoms with Gasteiger partial charge in [0, 0.05) is 17.8 Å². The first-order valence-corrected chi connectivity index (χ1v) is 3.85. The maximum absolute atomic E-state index is 10.3. The lowest BCUT2D eigenvalue weighted by molar-refractivity contribution is -0.527. The summed E-state index contributed by atoms with van der Waals surface area (Å²) in [6.45, 7) is 1.72. The molecular weight excluding hydrogens is 130 g/mol. The second-order valence-corrected chi connectivity index (χ2v) is 3.07. The summed E-state index contributed by atoms with van der Waals surface area (Å²) in [5.41, 5.74) is 0. The molecule has 3 heteroatoms. The van der Waals surface area contributed by atoms with E-state index in [1.165, 1.54) is 12.8 Å². The minimum absolute atomic E-state index is 0.157. The average molecular weight is 143 g/mol. The van der Waals surface area contributed by atoms with Gasteiger partial charge < -0.3 is 0 Å². The molecule has 3 nitrogen and oxygen atoms in total. The molecule has 0 amide bonds. The fraction of sp³-hybridized carbons (Fsp3) is 1.00. The van der Waals surface area contributed by atoms with Crippen molar-refractivity contribution >= 4 is 0 Å². The molecule has 1 saturated carbocycles. The Labute approximate surface area is 60.6 Å². The van der Waals surface area contributed by atoms with Crippen LogP contribution in [0, 0.1) is 16.0 Å². The first-order valence-electron chi connectivity index (χ1n) is 3.85. The summed E-state index contributed by atoms with van der Waals surface area (Å²) in [5, 5.41) is 10.3. The molecule has 1 aliphatic rings. The summed E-state index contributed by atoms with van der Waals surface area (Å²) >= 11 is 0. The molecule has 58 valence electrons. The van der Waals surface area contributed by atoms with E-state index in [4.69, 9.17) is 0 Å². The largest absolute Gasteiger partial charge is 0.264 e. The molecule has 10 heavy (non-hydrogen) atoms. The highest BCUT2D eigenvalue weighted by molar-refractivity contribution is 4.71. The molecule has 0 aromatic rings. The van der Waals surface area contributed by atoms with Crippen LogP contribution in [0.5, 0.6) is 0 Å². The van der Waals surface area contributed by atoms with Gasteiger partial charge in [0.05, 0.1) is 0 Å². The molecule has 0 aliphatic heterocycles. The third-order valence-electron chi connectivity index (χ3n) is 2.41. The number of rotatable bonds is 2. The van der Waals surface area contributed by atoms with Crippen molar-refractivity contribution in [3.05, 3.63) is 10.1 Å². The third kappa shape index (κ3) is 1.46. The van der Waals surface area contributed by atoms with Gasteiger partial charge in [-0.15, -0.1) is 0 Å². The second-order valence-electron chi connectivity index (χ2n) is 3.07. The lowest BCUT2D eigenvalue weighted by atomic mass is 10.0. The summed E-state index contributed by atoms with van der Waals surface area (Å²) in [7, 11) is 0. The SMILES string of the molecule is CC(C1CCCC1)[N+](=O)[O-]. The van der Waals surface area contributed by atoms with Crippen LogP contribution in [0.4, 0.5) is 0 Å². The van der Waals surface area contributed by atoms with Crippen LogP contribution in [0.15, 0.2) is 0 Å². The summed E-state index contributed by atoms with van der Waals surface area (Å²) in [6.07, 6.45) is 4.48. The van der Waals surface area contributed by atoms with E-state index in [0.29, 0.717) is 5.92 Å². The molecule has 0 heterocycles. The van der Waals surface area contributed by atoms with E-state index < -0.39 is 0 Å². The smallest absolute Gasteiger partial charge is 0.213 e. The minimum Gasteiger partial charge on any atom is -0.264 e. The van der Waals surface area contributed by atoms with Gasteiger partial charge >= 0.3 is 0 Å². The highest BCUT2D eigenvalue weighted by atomic mass is 16.6. The maximum atomic E-state index is 10.3. The van der Waals surface area contributed by atoms with E-state index in [2.05, 4.69) is 0 Å². The Kier molecular flexibility index (Phi) is 2.25. The Morgan fingerprint density at radius 2 is 2.00 bits per heavy atom. The molecule has 0 aromatic heterocycles. The molecule has 1 fully saturated rings. The van der Waals surface area contributed by atoms with Crippen molar-refractivity contribution in [3.8, 4) is 0 Å². The van der Waals surface area contributed by atoms with Crippen molar-refractivity contribution in [1.29, 1.82) is 0 Å². The zero-order chi connectivity index (χ0) is 7.56. The molecule has 1 unspecified atom stereocenters. The fourth-order valence-corrected chi connectivity index (χ4v) is 1.61. The van der Waals surface area contributed by atoms with Gasteiger partial charge in [0.1, 0.15) is 0 Å². The number of hydrogen-bond acceptors (Lipinski definition) is 2. The molecule has 0 spiro atoms. The summed E-state index contributed by atoms with van der Waals surface area (Å²) in [5.74, 6) is 0.356. The Morgan fingerprint density at radius 3 is 2.40 bits per heavy atom. The van der Waals surface area contributed by atoms with Gasteiger partial charge in [0.25, 0.3) is 0 Å². The average Bonchev–Trinajstić information content (AvgIpc) is 2.36. The fourth-order valence-electron chi connectivity index (χ4n) is 1.61. The van der Waals surface area contributed by atoms with Crippen molar-refractivity contribution in [2.75, 3.05) is 0 Å². The minimum atomic E-state index is -0.317. The van der Waals surface area contributed by atoms with E-state index in [-0.39, 0.29) is 11.0 Å². The van der Waals surface area contributed by atoms with Crippen molar-refractivity contribution in [1.82, 2.24) is 0 Å². The van der Waals surface area contributed by atoms with Crippen molar-refractivity contribution in [2.45, 2.75) is 38.6 Å². The van der Waals surface area contributed by atoms with Gasteiger partial charge in [0.2, 0.25) is 6.04 Å². The highest BCUT2D eigenvalue weighted by Gasteiger charge is 2.28. The lowest BCUT2D eigenvalue weighted by Crippen LogP contribution is -2.23. The van der Waals surface area contributed by atoms with Gasteiger partial charge in [-0.1, -0.05) is 12.8 Å². The first-order chi connectivity index (χ1) is 4.72. The van der Waals surface area contributed by atoms with Crippen LogP contribution in [0.1, 0.15) is 32.6 Å². The molecule has 0 radical (unpaired) electrons. The van der Waals surface area contributed by atoms with Crippen LogP contribution in [0.3, 0.4) is 0 Å². The molecule has 0 saturated heterocycles. The van der Waals surface area contributed by atoms with Gasteiger partial charge in [-0.25, -0.2) is 0 Å². The van der Waals surface area contributed by atoms with Crippen LogP contribution in [0.25, 0.3) is 0 Å². The van der Waals surface area contributed by atoms with E-state index in [1.54, 1.807) is 6.92 Å². The standard InChI is InChI=1S/C7H13NO2/c1-6(8(9)10)7-4-2-3-5-7/h6-7H,2-5H2,1H3. The van der Waals surface area contributed by atoms with E-state index in [1.807, 2.05) is 0 Å². The van der Waals surface area contributed by atoms with Crippen LogP contribution < -0.4 is 0 Å². The topological polar surface area (TPSA) is 43.1 Å². The molecule has 1 aliphatic carbocycles. The normalized spacial score (nSPS) is 22.9. The van der Waals surface area contributed by atoms with E-state index in [0.717, 1.165) is 12.8 Å². The van der Waals surface area contributed by atoms with Crippen molar-refractivity contribution < 1.29 is 4.92 Å². The number of hydrogen-bond donors (Lipinski definition) is 0. The summed E-state index contributed by atoms with van der Waals surface area (Å²) in [6, 6.07) is -0.317. The quantitative estimate of drug-likeness (QED) is 0.437. The predicted octanol–water partition coefficient (Wildman–Crippen LogP) is 1.84. The Balaban J connectivity index is 2.39. The Bertz CT molecular complexity index is 130. The van der Waals surface area contributed by atoms with Crippen molar-refractivity contribution in [2.24, 2.45) is 5.92 Å². The molecular formula is C7H13NO2. The van der Waals surface area contributed by atoms with Gasteiger partial charge in [0.15, 0.2) is 0 Å². The third-order valence-corrected chi connectivity index (χ3v) is 2.41. The molecule has 0 bridgehead atoms. The Hall–Kier alpha value is -0.600. The van der Waals surface area contributed by atoms with Crippen LogP contribution >= 0.6 is 0 Å². The van der Waals surface area contributed by atoms with Gasteiger partial charge in [-0.2, -0.15) is 0 Å². The second kappa shape index (κ2) is 2.99. The monoisotopic (exact) mass is 143 g/mol. The van der Waals surface area contributed by atoms with Crippen LogP contribution in [-0.4, -0.2) is 11.0 Å². The van der Waals surface area contributed by atoms with E-state index in [9.17, 15) is 10.1 Å². The number of nitro groups is 1. The number of nitrogens with zero attached hydrogens (tertiary/aromatic N) is 1. The zero-order valence-electron chi connectivity index (χ0n) is 6.25. The van der Waals surface area contributed by atoms with Crippen LogP contribution in [0.2, 0.25) is 0 Å². The molecule has 0 aromatic carbocycles. The summed E-state index contributed by atoms with van der Waals surface area (Å²) in [4.78, 5) is 10.1. The highest BCUT2D eigenvalue weighted by Crippen LogP contribution is 2.28. The van der Waals surface area contributed by atoms with Crippen LogP contribution in [-0.2, 0) is 0 Å². The van der Waals surface area contributed by atoms with Crippen molar-refractivity contribution in [3.63, 3.8) is 0 Å². The molecule has 1 rings (SSSR count). The molecule has 1 atom stereocenters. The zero-order valence-corrected chi connectivity index (χ0v) is 6.25. The predicted molar refractivity (Wildman–Crippen MR) is 38.4 cm³/mol. The molecule has 0 N–H and O–H groups in total. The lowest BCUT2D eigenvalue weighted by Gasteiger charge is -2.09.